The van der Waals surface area contributed by atoms with Gasteiger partial charge in [-0.3, -0.25) is 0 Å². The Morgan fingerprint density at radius 1 is 1.20 bits per heavy atom. The molecule has 1 aromatic heterocycles. The van der Waals surface area contributed by atoms with Gasteiger partial charge in [0.05, 0.1) is 16.8 Å². The average molecular weight is 376 g/mol. The van der Waals surface area contributed by atoms with Gasteiger partial charge in [-0.1, -0.05) is 32.4 Å². The highest BCUT2D eigenvalue weighted by Gasteiger charge is 2.27. The van der Waals surface area contributed by atoms with Crippen LogP contribution in [0.5, 0.6) is 0 Å². The predicted octanol–water partition coefficient (Wildman–Crippen LogP) is 4.31. The zero-order chi connectivity index (χ0) is 15.6. The molecule has 0 aliphatic heterocycles. The van der Waals surface area contributed by atoms with Crippen molar-refractivity contribution in [1.29, 1.82) is 0 Å². The van der Waals surface area contributed by atoms with Crippen LogP contribution in [0.3, 0.4) is 0 Å². The van der Waals surface area contributed by atoms with Crippen LogP contribution in [0.15, 0.2) is 4.47 Å². The Balaban J connectivity index is 2.75. The maximum absolute atomic E-state index is 11.9. The van der Waals surface area contributed by atoms with Gasteiger partial charge < -0.3 is 4.74 Å². The molecule has 114 valence electrons. The molecule has 0 aromatic carbocycles. The van der Waals surface area contributed by atoms with Crippen molar-refractivity contribution >= 4 is 27.5 Å². The minimum atomic E-state index is -4.32. The number of halogens is 5. The topological polar surface area (TPSA) is 35.0 Å². The lowest BCUT2D eigenvalue weighted by molar-refractivity contribution is -0.173. The first-order chi connectivity index (χ1) is 9.00. The number of hydrogen-bond donors (Lipinski definition) is 0. The Kier molecular flexibility index (Phi) is 5.80. The van der Waals surface area contributed by atoms with Crippen LogP contribution in [0.25, 0.3) is 0 Å². The van der Waals surface area contributed by atoms with Crippen LogP contribution >= 0.6 is 27.5 Å². The molecule has 0 bridgehead atoms. The lowest BCUT2D eigenvalue weighted by Crippen LogP contribution is -2.20. The standard InChI is InChI=1S/C12H15BrClF3N2O/c1-11(2,3)9-8(13)10(14)19-7(18-9)4-5-20-6-12(15,16)17/h4-6H2,1-3H3. The van der Waals surface area contributed by atoms with Crippen molar-refractivity contribution in [2.45, 2.75) is 38.8 Å². The third-order valence-corrected chi connectivity index (χ3v) is 3.56. The van der Waals surface area contributed by atoms with Crippen molar-refractivity contribution in [1.82, 2.24) is 9.97 Å². The van der Waals surface area contributed by atoms with Crippen LogP contribution in [-0.4, -0.2) is 29.4 Å². The Morgan fingerprint density at radius 3 is 2.30 bits per heavy atom. The van der Waals surface area contributed by atoms with Crippen LogP contribution in [0.2, 0.25) is 5.15 Å². The summed E-state index contributed by atoms with van der Waals surface area (Å²) in [4.78, 5) is 8.36. The summed E-state index contributed by atoms with van der Waals surface area (Å²) in [6, 6.07) is 0. The fraction of sp³-hybridized carbons (Fsp3) is 0.667. The molecule has 0 spiro atoms. The van der Waals surface area contributed by atoms with Crippen LogP contribution < -0.4 is 0 Å². The lowest BCUT2D eigenvalue weighted by Gasteiger charge is -2.20. The second-order valence-corrected chi connectivity index (χ2v) is 6.41. The Bertz CT molecular complexity index is 475. The van der Waals surface area contributed by atoms with E-state index in [2.05, 4.69) is 30.6 Å². The first-order valence-corrected chi connectivity index (χ1v) is 7.04. The van der Waals surface area contributed by atoms with Crippen LogP contribution in [-0.2, 0) is 16.6 Å². The molecule has 0 atom stereocenters. The zero-order valence-corrected chi connectivity index (χ0v) is 13.7. The van der Waals surface area contributed by atoms with E-state index in [-0.39, 0.29) is 23.6 Å². The number of rotatable bonds is 4. The molecule has 8 heteroatoms. The molecule has 1 heterocycles. The Hall–Kier alpha value is -0.400. The molecule has 0 amide bonds. The van der Waals surface area contributed by atoms with Gasteiger partial charge >= 0.3 is 6.18 Å². The van der Waals surface area contributed by atoms with Gasteiger partial charge in [-0.25, -0.2) is 9.97 Å². The van der Waals surface area contributed by atoms with E-state index in [0.29, 0.717) is 16.0 Å². The molecular formula is C12H15BrClF3N2O. The highest BCUT2D eigenvalue weighted by Crippen LogP contribution is 2.32. The van der Waals surface area contributed by atoms with E-state index in [0.717, 1.165) is 0 Å². The summed E-state index contributed by atoms with van der Waals surface area (Å²) in [5.74, 6) is 0.366. The van der Waals surface area contributed by atoms with Gasteiger partial charge in [-0.2, -0.15) is 13.2 Å². The fourth-order valence-corrected chi connectivity index (χ4v) is 2.38. The summed E-state index contributed by atoms with van der Waals surface area (Å²) in [6.07, 6.45) is -4.15. The van der Waals surface area contributed by atoms with Crippen molar-refractivity contribution in [2.24, 2.45) is 0 Å². The molecule has 1 aromatic rings. The van der Waals surface area contributed by atoms with Gasteiger partial charge in [0, 0.05) is 11.8 Å². The molecule has 0 unspecified atom stereocenters. The minimum Gasteiger partial charge on any atom is -0.372 e. The van der Waals surface area contributed by atoms with E-state index in [1.807, 2.05) is 20.8 Å². The van der Waals surface area contributed by atoms with Crippen molar-refractivity contribution in [3.05, 3.63) is 21.1 Å². The first-order valence-electron chi connectivity index (χ1n) is 5.87. The Morgan fingerprint density at radius 2 is 1.80 bits per heavy atom. The summed E-state index contributed by atoms with van der Waals surface area (Å²) in [7, 11) is 0. The summed E-state index contributed by atoms with van der Waals surface area (Å²) >= 11 is 9.31. The van der Waals surface area contributed by atoms with Gasteiger partial charge in [-0.05, 0) is 15.9 Å². The summed E-state index contributed by atoms with van der Waals surface area (Å²) in [5.41, 5.74) is 0.454. The van der Waals surface area contributed by atoms with Gasteiger partial charge in [-0.15, -0.1) is 0 Å². The largest absolute Gasteiger partial charge is 0.411 e. The molecule has 0 N–H and O–H groups in total. The lowest BCUT2D eigenvalue weighted by atomic mass is 9.92. The molecule has 0 saturated heterocycles. The summed E-state index contributed by atoms with van der Waals surface area (Å²) in [6.45, 7) is 4.49. The van der Waals surface area contributed by atoms with Crippen LogP contribution in [0.4, 0.5) is 13.2 Å². The van der Waals surface area contributed by atoms with E-state index in [1.54, 1.807) is 0 Å². The molecule has 3 nitrogen and oxygen atoms in total. The highest BCUT2D eigenvalue weighted by atomic mass is 79.9. The Labute approximate surface area is 129 Å². The fourth-order valence-electron chi connectivity index (χ4n) is 1.42. The van der Waals surface area contributed by atoms with Crippen LogP contribution in [0.1, 0.15) is 32.3 Å². The molecule has 0 aliphatic rings. The molecule has 0 fully saturated rings. The van der Waals surface area contributed by atoms with Gasteiger partial charge in [0.2, 0.25) is 0 Å². The molecule has 20 heavy (non-hydrogen) atoms. The summed E-state index contributed by atoms with van der Waals surface area (Å²) < 4.78 is 40.9. The molecule has 0 saturated carbocycles. The van der Waals surface area contributed by atoms with E-state index in [4.69, 9.17) is 11.6 Å². The SMILES string of the molecule is CC(C)(C)c1nc(CCOCC(F)(F)F)nc(Cl)c1Br. The van der Waals surface area contributed by atoms with Gasteiger partial charge in [0.25, 0.3) is 0 Å². The zero-order valence-electron chi connectivity index (χ0n) is 11.3. The van der Waals surface area contributed by atoms with Crippen molar-refractivity contribution in [3.8, 4) is 0 Å². The molecular weight excluding hydrogens is 360 g/mol. The maximum atomic E-state index is 11.9. The van der Waals surface area contributed by atoms with Crippen molar-refractivity contribution < 1.29 is 17.9 Å². The number of hydrogen-bond acceptors (Lipinski definition) is 3. The average Bonchev–Trinajstić information content (AvgIpc) is 2.26. The monoisotopic (exact) mass is 374 g/mol. The first kappa shape index (κ1) is 17.7. The number of nitrogens with zero attached hydrogens (tertiary/aromatic N) is 2. The van der Waals surface area contributed by atoms with E-state index in [1.165, 1.54) is 0 Å². The normalized spacial score (nSPS) is 12.8. The van der Waals surface area contributed by atoms with Gasteiger partial charge in [0.1, 0.15) is 17.6 Å². The number of aromatic nitrogens is 2. The molecule has 1 rings (SSSR count). The maximum Gasteiger partial charge on any atom is 0.411 e. The van der Waals surface area contributed by atoms with Crippen LogP contribution in [0, 0.1) is 0 Å². The third kappa shape index (κ3) is 5.54. The summed E-state index contributed by atoms with van der Waals surface area (Å²) in [5, 5.41) is 0.246. The predicted molar refractivity (Wildman–Crippen MR) is 74.0 cm³/mol. The highest BCUT2D eigenvalue weighted by molar-refractivity contribution is 9.10. The smallest absolute Gasteiger partial charge is 0.372 e. The minimum absolute atomic E-state index is 0.110. The molecule has 0 aliphatic carbocycles. The number of ether oxygens (including phenoxy) is 1. The van der Waals surface area contributed by atoms with E-state index >= 15 is 0 Å². The van der Waals surface area contributed by atoms with Crippen molar-refractivity contribution in [2.75, 3.05) is 13.2 Å². The van der Waals surface area contributed by atoms with Crippen molar-refractivity contribution in [3.63, 3.8) is 0 Å². The number of alkyl halides is 3. The third-order valence-electron chi connectivity index (χ3n) is 2.30. The van der Waals surface area contributed by atoms with Gasteiger partial charge in [0.15, 0.2) is 0 Å². The second kappa shape index (κ2) is 6.58. The van der Waals surface area contributed by atoms with E-state index in [9.17, 15) is 13.2 Å². The quantitative estimate of drug-likeness (QED) is 0.581. The van der Waals surface area contributed by atoms with E-state index < -0.39 is 12.8 Å². The second-order valence-electron chi connectivity index (χ2n) is 5.26. The molecule has 0 radical (unpaired) electrons.